The number of amides is 1. The fraction of sp³-hybridized carbons (Fsp3) is 0.208. The standard InChI is InChI=1S/C24H24N2OS/c1-4-26-22-8-6-5-7-20(22)21-15-18(11-14-23(21)26)25-24(27)17(3)28-19-12-9-16(2)10-13-19/h5-15,17H,4H2,1-3H3,(H,25,27)/t17-/m0/s1. The van der Waals surface area contributed by atoms with Gasteiger partial charge in [0.1, 0.15) is 0 Å². The number of aryl methyl sites for hydroxylation is 2. The maximum absolute atomic E-state index is 12.7. The van der Waals surface area contributed by atoms with Crippen molar-refractivity contribution in [2.24, 2.45) is 0 Å². The van der Waals surface area contributed by atoms with E-state index in [0.29, 0.717) is 0 Å². The monoisotopic (exact) mass is 388 g/mol. The molecule has 0 spiro atoms. The molecule has 28 heavy (non-hydrogen) atoms. The number of hydrogen-bond acceptors (Lipinski definition) is 2. The maximum Gasteiger partial charge on any atom is 0.237 e. The third-order valence-corrected chi connectivity index (χ3v) is 6.17. The van der Waals surface area contributed by atoms with Crippen LogP contribution in [0, 0.1) is 6.92 Å². The van der Waals surface area contributed by atoms with Gasteiger partial charge in [0.2, 0.25) is 5.91 Å². The Labute approximate surface area is 169 Å². The highest BCUT2D eigenvalue weighted by Crippen LogP contribution is 2.31. The molecule has 0 aliphatic carbocycles. The van der Waals surface area contributed by atoms with Crippen LogP contribution in [0.3, 0.4) is 0 Å². The molecule has 0 radical (unpaired) electrons. The van der Waals surface area contributed by atoms with Crippen LogP contribution in [0.25, 0.3) is 21.8 Å². The molecular weight excluding hydrogens is 364 g/mol. The van der Waals surface area contributed by atoms with E-state index in [1.54, 1.807) is 11.8 Å². The van der Waals surface area contributed by atoms with Gasteiger partial charge >= 0.3 is 0 Å². The van der Waals surface area contributed by atoms with Crippen molar-refractivity contribution in [3.8, 4) is 0 Å². The summed E-state index contributed by atoms with van der Waals surface area (Å²) in [7, 11) is 0. The Morgan fingerprint density at radius 2 is 1.71 bits per heavy atom. The van der Waals surface area contributed by atoms with Crippen molar-refractivity contribution in [3.63, 3.8) is 0 Å². The number of thioether (sulfide) groups is 1. The molecule has 142 valence electrons. The molecule has 0 bridgehead atoms. The molecule has 1 heterocycles. The van der Waals surface area contributed by atoms with E-state index in [9.17, 15) is 4.79 Å². The first kappa shape index (κ1) is 18.6. The summed E-state index contributed by atoms with van der Waals surface area (Å²) in [4.78, 5) is 13.8. The Morgan fingerprint density at radius 1 is 1.00 bits per heavy atom. The van der Waals surface area contributed by atoms with Gasteiger partial charge in [-0.25, -0.2) is 0 Å². The Bertz CT molecular complexity index is 1140. The lowest BCUT2D eigenvalue weighted by molar-refractivity contribution is -0.115. The summed E-state index contributed by atoms with van der Waals surface area (Å²) in [5.41, 5.74) is 4.49. The molecule has 4 aromatic rings. The minimum absolute atomic E-state index is 0.0177. The molecular formula is C24H24N2OS. The molecule has 0 saturated heterocycles. The Kier molecular flexibility index (Phi) is 5.14. The number of anilines is 1. The van der Waals surface area contributed by atoms with Crippen LogP contribution in [-0.2, 0) is 11.3 Å². The van der Waals surface area contributed by atoms with E-state index >= 15 is 0 Å². The predicted molar refractivity (Wildman–Crippen MR) is 120 cm³/mol. The van der Waals surface area contributed by atoms with Crippen molar-refractivity contribution in [3.05, 3.63) is 72.3 Å². The second-order valence-corrected chi connectivity index (χ2v) is 8.47. The minimum atomic E-state index is -0.171. The Morgan fingerprint density at radius 3 is 2.46 bits per heavy atom. The highest BCUT2D eigenvalue weighted by atomic mass is 32.2. The highest BCUT2D eigenvalue weighted by molar-refractivity contribution is 8.00. The van der Waals surface area contributed by atoms with Crippen LogP contribution in [0.5, 0.6) is 0 Å². The molecule has 1 aromatic heterocycles. The molecule has 0 saturated carbocycles. The van der Waals surface area contributed by atoms with Gasteiger partial charge in [-0.05, 0) is 57.2 Å². The third-order valence-electron chi connectivity index (χ3n) is 5.06. The first-order valence-electron chi connectivity index (χ1n) is 9.62. The molecule has 3 nitrogen and oxygen atoms in total. The number of fused-ring (bicyclic) bond motifs is 3. The molecule has 3 aromatic carbocycles. The molecule has 0 fully saturated rings. The summed E-state index contributed by atoms with van der Waals surface area (Å²) in [6, 6.07) is 22.9. The normalized spacial score (nSPS) is 12.4. The number of nitrogens with zero attached hydrogens (tertiary/aromatic N) is 1. The Balaban J connectivity index is 1.58. The number of carbonyl (C=O) groups excluding carboxylic acids is 1. The van der Waals surface area contributed by atoms with Crippen LogP contribution >= 0.6 is 11.8 Å². The fourth-order valence-corrected chi connectivity index (χ4v) is 4.46. The number of hydrogen-bond donors (Lipinski definition) is 1. The molecule has 0 aliphatic rings. The van der Waals surface area contributed by atoms with Gasteiger partial charge in [-0.1, -0.05) is 35.9 Å². The van der Waals surface area contributed by atoms with E-state index < -0.39 is 0 Å². The quantitative estimate of drug-likeness (QED) is 0.411. The fourth-order valence-electron chi connectivity index (χ4n) is 3.59. The molecule has 1 N–H and O–H groups in total. The van der Waals surface area contributed by atoms with Gasteiger partial charge in [0.05, 0.1) is 5.25 Å². The maximum atomic E-state index is 12.7. The summed E-state index contributed by atoms with van der Waals surface area (Å²) in [6.07, 6.45) is 0. The zero-order chi connectivity index (χ0) is 19.7. The first-order chi connectivity index (χ1) is 13.6. The number of aromatic nitrogens is 1. The van der Waals surface area contributed by atoms with Crippen molar-refractivity contribution < 1.29 is 4.79 Å². The van der Waals surface area contributed by atoms with Gasteiger partial charge in [0.15, 0.2) is 0 Å². The Hall–Kier alpha value is -2.72. The van der Waals surface area contributed by atoms with Crippen LogP contribution < -0.4 is 5.32 Å². The van der Waals surface area contributed by atoms with E-state index in [1.807, 2.05) is 13.0 Å². The SMILES string of the molecule is CCn1c2ccccc2c2cc(NC(=O)[C@H](C)Sc3ccc(C)cc3)ccc21. The topological polar surface area (TPSA) is 34.0 Å². The predicted octanol–water partition coefficient (Wildman–Crippen LogP) is 6.24. The van der Waals surface area contributed by atoms with E-state index in [0.717, 1.165) is 17.1 Å². The van der Waals surface area contributed by atoms with E-state index in [4.69, 9.17) is 0 Å². The number of nitrogens with one attached hydrogen (secondary N) is 1. The lowest BCUT2D eigenvalue weighted by Gasteiger charge is -2.12. The first-order valence-corrected chi connectivity index (χ1v) is 10.5. The molecule has 0 unspecified atom stereocenters. The lowest BCUT2D eigenvalue weighted by Crippen LogP contribution is -2.22. The summed E-state index contributed by atoms with van der Waals surface area (Å²) >= 11 is 1.58. The van der Waals surface area contributed by atoms with E-state index in [1.165, 1.54) is 27.4 Å². The zero-order valence-corrected chi connectivity index (χ0v) is 17.2. The van der Waals surface area contributed by atoms with Gasteiger partial charge in [-0.15, -0.1) is 11.8 Å². The van der Waals surface area contributed by atoms with Crippen molar-refractivity contribution in [1.29, 1.82) is 0 Å². The van der Waals surface area contributed by atoms with E-state index in [-0.39, 0.29) is 11.2 Å². The van der Waals surface area contributed by atoms with Crippen molar-refractivity contribution in [2.75, 3.05) is 5.32 Å². The molecule has 4 heteroatoms. The van der Waals surface area contributed by atoms with E-state index in [2.05, 4.69) is 84.4 Å². The average Bonchev–Trinajstić information content (AvgIpc) is 3.02. The van der Waals surface area contributed by atoms with Crippen LogP contribution in [0.4, 0.5) is 5.69 Å². The van der Waals surface area contributed by atoms with Gasteiger partial charge in [0.25, 0.3) is 0 Å². The van der Waals surface area contributed by atoms with Crippen LogP contribution in [0.15, 0.2) is 71.6 Å². The van der Waals surface area contributed by atoms with Crippen molar-refractivity contribution in [2.45, 2.75) is 37.5 Å². The second-order valence-electron chi connectivity index (χ2n) is 7.06. The molecule has 1 atom stereocenters. The van der Waals surface area contributed by atoms with Crippen LogP contribution in [0.1, 0.15) is 19.4 Å². The van der Waals surface area contributed by atoms with Gasteiger partial charge < -0.3 is 9.88 Å². The van der Waals surface area contributed by atoms with Crippen molar-refractivity contribution >= 4 is 45.2 Å². The number of rotatable bonds is 5. The smallest absolute Gasteiger partial charge is 0.237 e. The average molecular weight is 389 g/mol. The van der Waals surface area contributed by atoms with Crippen LogP contribution in [-0.4, -0.2) is 15.7 Å². The number of benzene rings is 3. The number of carbonyl (C=O) groups is 1. The molecule has 1 amide bonds. The molecule has 4 rings (SSSR count). The molecule has 0 aliphatic heterocycles. The highest BCUT2D eigenvalue weighted by Gasteiger charge is 2.16. The second kappa shape index (κ2) is 7.72. The van der Waals surface area contributed by atoms with Gasteiger partial charge in [-0.3, -0.25) is 4.79 Å². The lowest BCUT2D eigenvalue weighted by atomic mass is 10.1. The van der Waals surface area contributed by atoms with Crippen LogP contribution in [0.2, 0.25) is 0 Å². The summed E-state index contributed by atoms with van der Waals surface area (Å²) in [6.45, 7) is 7.09. The van der Waals surface area contributed by atoms with Gasteiger partial charge in [0, 0.05) is 38.9 Å². The minimum Gasteiger partial charge on any atom is -0.341 e. The summed E-state index contributed by atoms with van der Waals surface area (Å²) in [5, 5.41) is 5.31. The summed E-state index contributed by atoms with van der Waals surface area (Å²) < 4.78 is 2.31. The largest absolute Gasteiger partial charge is 0.341 e. The summed E-state index contributed by atoms with van der Waals surface area (Å²) in [5.74, 6) is 0.0177. The zero-order valence-electron chi connectivity index (χ0n) is 16.4. The number of para-hydroxylation sites is 1. The third kappa shape index (κ3) is 3.52. The van der Waals surface area contributed by atoms with Gasteiger partial charge in [-0.2, -0.15) is 0 Å². The van der Waals surface area contributed by atoms with Crippen molar-refractivity contribution in [1.82, 2.24) is 4.57 Å².